The molecule has 0 bridgehead atoms. The topological polar surface area (TPSA) is 63.2 Å². The molecule has 152 valence electrons. The van der Waals surface area contributed by atoms with Crippen LogP contribution in [0.25, 0.3) is 10.1 Å². The van der Waals surface area contributed by atoms with Crippen LogP contribution in [0.2, 0.25) is 0 Å². The molecule has 4 aromatic rings. The predicted octanol–water partition coefficient (Wildman–Crippen LogP) is 5.86. The highest BCUT2D eigenvalue weighted by Crippen LogP contribution is 2.36. The van der Waals surface area contributed by atoms with E-state index >= 15 is 0 Å². The van der Waals surface area contributed by atoms with Gasteiger partial charge in [0.2, 0.25) is 0 Å². The highest BCUT2D eigenvalue weighted by Gasteiger charge is 2.24. The van der Waals surface area contributed by atoms with Crippen molar-refractivity contribution in [2.45, 2.75) is 25.0 Å². The van der Waals surface area contributed by atoms with Gasteiger partial charge in [0.05, 0.1) is 5.69 Å². The first-order chi connectivity index (χ1) is 14.3. The molecule has 0 saturated carbocycles. The summed E-state index contributed by atoms with van der Waals surface area (Å²) >= 11 is 1.24. The van der Waals surface area contributed by atoms with E-state index in [0.29, 0.717) is 16.7 Å². The molecule has 0 fully saturated rings. The summed E-state index contributed by atoms with van der Waals surface area (Å²) in [6.45, 7) is 5.67. The minimum absolute atomic E-state index is 0.222. The van der Waals surface area contributed by atoms with Gasteiger partial charge in [0.1, 0.15) is 4.21 Å². The van der Waals surface area contributed by atoms with Crippen molar-refractivity contribution in [3.05, 3.63) is 94.5 Å². The van der Waals surface area contributed by atoms with Gasteiger partial charge in [-0.05, 0) is 49.9 Å². The van der Waals surface area contributed by atoms with E-state index in [4.69, 9.17) is 0 Å². The van der Waals surface area contributed by atoms with E-state index in [1.807, 2.05) is 45.0 Å². The summed E-state index contributed by atoms with van der Waals surface area (Å²) < 4.78 is 30.4. The molecule has 30 heavy (non-hydrogen) atoms. The van der Waals surface area contributed by atoms with Crippen LogP contribution in [0.1, 0.15) is 32.6 Å². The predicted molar refractivity (Wildman–Crippen MR) is 123 cm³/mol. The number of hydrogen-bond acceptors (Lipinski definition) is 4. The number of anilines is 1. The van der Waals surface area contributed by atoms with Crippen LogP contribution in [0.3, 0.4) is 0 Å². The van der Waals surface area contributed by atoms with E-state index in [-0.39, 0.29) is 15.7 Å². The van der Waals surface area contributed by atoms with Gasteiger partial charge < -0.3 is 0 Å². The van der Waals surface area contributed by atoms with Gasteiger partial charge in [-0.2, -0.15) is 0 Å². The molecule has 0 atom stereocenters. The van der Waals surface area contributed by atoms with Gasteiger partial charge in [0.25, 0.3) is 10.0 Å². The first-order valence-corrected chi connectivity index (χ1v) is 11.8. The highest BCUT2D eigenvalue weighted by atomic mass is 32.2. The number of carbonyl (C=O) groups is 1. The van der Waals surface area contributed by atoms with Crippen molar-refractivity contribution in [1.29, 1.82) is 0 Å². The zero-order valence-corrected chi connectivity index (χ0v) is 18.5. The summed E-state index contributed by atoms with van der Waals surface area (Å²) in [6, 6.07) is 19.9. The van der Waals surface area contributed by atoms with E-state index in [9.17, 15) is 13.2 Å². The van der Waals surface area contributed by atoms with Crippen molar-refractivity contribution in [3.63, 3.8) is 0 Å². The maximum Gasteiger partial charge on any atom is 0.271 e. The number of benzene rings is 3. The molecule has 0 aliphatic rings. The molecule has 0 aliphatic carbocycles. The summed E-state index contributed by atoms with van der Waals surface area (Å²) in [6.07, 6.45) is 0. The fraction of sp³-hybridized carbons (Fsp3) is 0.125. The highest BCUT2D eigenvalue weighted by molar-refractivity contribution is 7.95. The average Bonchev–Trinajstić information content (AvgIpc) is 3.06. The van der Waals surface area contributed by atoms with Crippen molar-refractivity contribution >= 4 is 42.9 Å². The number of thiophene rings is 1. The number of rotatable bonds is 5. The molecule has 6 heteroatoms. The van der Waals surface area contributed by atoms with Crippen LogP contribution >= 0.6 is 11.3 Å². The molecule has 1 heterocycles. The second kappa shape index (κ2) is 7.70. The molecule has 4 nitrogen and oxygen atoms in total. The summed E-state index contributed by atoms with van der Waals surface area (Å²) in [4.78, 5) is 13.1. The zero-order chi connectivity index (χ0) is 21.5. The SMILES string of the molecule is Cc1ccc(NS(=O)(=O)c2sc3ccc(C)cc3c2C)c(C(=O)c2ccccc2)c1. The molecule has 1 aromatic heterocycles. The van der Waals surface area contributed by atoms with Crippen LogP contribution in [0.5, 0.6) is 0 Å². The summed E-state index contributed by atoms with van der Waals surface area (Å²) in [5, 5.41) is 0.935. The Hall–Kier alpha value is -2.96. The monoisotopic (exact) mass is 435 g/mol. The largest absolute Gasteiger partial charge is 0.289 e. The number of fused-ring (bicyclic) bond motifs is 1. The first-order valence-electron chi connectivity index (χ1n) is 9.49. The van der Waals surface area contributed by atoms with Gasteiger partial charge >= 0.3 is 0 Å². The minimum atomic E-state index is -3.85. The number of aryl methyl sites for hydroxylation is 3. The van der Waals surface area contributed by atoms with Crippen molar-refractivity contribution < 1.29 is 13.2 Å². The minimum Gasteiger partial charge on any atom is -0.289 e. The van der Waals surface area contributed by atoms with Crippen LogP contribution in [0, 0.1) is 20.8 Å². The van der Waals surface area contributed by atoms with Gasteiger partial charge in [0.15, 0.2) is 5.78 Å². The Kier molecular flexibility index (Phi) is 5.22. The summed E-state index contributed by atoms with van der Waals surface area (Å²) in [7, 11) is -3.85. The zero-order valence-electron chi connectivity index (χ0n) is 16.9. The van der Waals surface area contributed by atoms with Gasteiger partial charge in [0, 0.05) is 15.8 Å². The third-order valence-electron chi connectivity index (χ3n) is 4.99. The van der Waals surface area contributed by atoms with Crippen LogP contribution in [0.15, 0.2) is 70.9 Å². The third kappa shape index (κ3) is 3.76. The molecule has 0 spiro atoms. The maximum atomic E-state index is 13.3. The van der Waals surface area contributed by atoms with Crippen molar-refractivity contribution in [2.24, 2.45) is 0 Å². The number of sulfonamides is 1. The maximum absolute atomic E-state index is 13.3. The summed E-state index contributed by atoms with van der Waals surface area (Å²) in [5.41, 5.74) is 3.80. The van der Waals surface area contributed by atoms with E-state index < -0.39 is 10.0 Å². The lowest BCUT2D eigenvalue weighted by Gasteiger charge is -2.13. The smallest absolute Gasteiger partial charge is 0.271 e. The molecular weight excluding hydrogens is 414 g/mol. The van der Waals surface area contributed by atoms with Crippen LogP contribution < -0.4 is 4.72 Å². The molecule has 4 rings (SSSR count). The molecule has 1 N–H and O–H groups in total. The average molecular weight is 436 g/mol. The Bertz CT molecular complexity index is 1370. The number of ketones is 1. The van der Waals surface area contributed by atoms with Gasteiger partial charge in [-0.1, -0.05) is 59.7 Å². The lowest BCUT2D eigenvalue weighted by atomic mass is 10.00. The Balaban J connectivity index is 1.78. The Morgan fingerprint density at radius 1 is 0.867 bits per heavy atom. The van der Waals surface area contributed by atoms with Gasteiger partial charge in [-0.15, -0.1) is 11.3 Å². The Morgan fingerprint density at radius 3 is 2.27 bits per heavy atom. The standard InChI is InChI=1S/C24H21NO3S2/c1-15-9-11-21(20(14-15)23(26)18-7-5-4-6-8-18)25-30(27,28)24-17(3)19-13-16(2)10-12-22(19)29-24/h4-14,25H,1-3H3. The van der Waals surface area contributed by atoms with E-state index in [1.54, 1.807) is 42.5 Å². The van der Waals surface area contributed by atoms with Crippen molar-refractivity contribution in [1.82, 2.24) is 0 Å². The molecular formula is C24H21NO3S2. The number of hydrogen-bond donors (Lipinski definition) is 1. The quantitative estimate of drug-likeness (QED) is 0.400. The van der Waals surface area contributed by atoms with E-state index in [2.05, 4.69) is 4.72 Å². The van der Waals surface area contributed by atoms with Gasteiger partial charge in [-0.3, -0.25) is 9.52 Å². The molecule has 0 saturated heterocycles. The second-order valence-corrected chi connectivity index (χ2v) is 10.3. The Morgan fingerprint density at radius 2 is 1.53 bits per heavy atom. The first kappa shape index (κ1) is 20.3. The van der Waals surface area contributed by atoms with E-state index in [0.717, 1.165) is 21.2 Å². The fourth-order valence-electron chi connectivity index (χ4n) is 3.44. The molecule has 3 aromatic carbocycles. The molecule has 0 unspecified atom stereocenters. The molecule has 0 aliphatic heterocycles. The van der Waals surface area contributed by atoms with Crippen LogP contribution in [-0.4, -0.2) is 14.2 Å². The molecule has 0 radical (unpaired) electrons. The van der Waals surface area contributed by atoms with Crippen LogP contribution in [0.4, 0.5) is 5.69 Å². The number of carbonyl (C=O) groups excluding carboxylic acids is 1. The normalized spacial score (nSPS) is 11.6. The third-order valence-corrected chi connectivity index (χ3v) is 8.25. The fourth-order valence-corrected chi connectivity index (χ4v) is 6.27. The van der Waals surface area contributed by atoms with Crippen LogP contribution in [-0.2, 0) is 10.0 Å². The van der Waals surface area contributed by atoms with Gasteiger partial charge in [-0.25, -0.2) is 8.42 Å². The summed E-state index contributed by atoms with van der Waals surface area (Å²) in [5.74, 6) is -0.222. The second-order valence-electron chi connectivity index (χ2n) is 7.36. The Labute approximate surface area is 180 Å². The van der Waals surface area contributed by atoms with Crippen molar-refractivity contribution in [3.8, 4) is 0 Å². The van der Waals surface area contributed by atoms with E-state index in [1.165, 1.54) is 11.3 Å². The number of nitrogens with one attached hydrogen (secondary N) is 1. The van der Waals surface area contributed by atoms with Crippen molar-refractivity contribution in [2.75, 3.05) is 4.72 Å². The lowest BCUT2D eigenvalue weighted by molar-refractivity contribution is 0.103. The molecule has 0 amide bonds. The lowest BCUT2D eigenvalue weighted by Crippen LogP contribution is -2.16.